The van der Waals surface area contributed by atoms with Crippen LogP contribution >= 0.6 is 0 Å². The number of methoxy groups -OCH3 is 1. The van der Waals surface area contributed by atoms with Crippen molar-refractivity contribution in [3.63, 3.8) is 0 Å². The molecule has 0 spiro atoms. The lowest BCUT2D eigenvalue weighted by Gasteiger charge is -2.17. The zero-order chi connectivity index (χ0) is 19.8. The highest BCUT2D eigenvalue weighted by molar-refractivity contribution is 6.09. The van der Waals surface area contributed by atoms with Crippen LogP contribution in [-0.2, 0) is 6.61 Å². The van der Waals surface area contributed by atoms with Crippen molar-refractivity contribution in [3.05, 3.63) is 70.8 Å². The molecule has 4 heteroatoms. The molecule has 1 heterocycles. The van der Waals surface area contributed by atoms with E-state index < -0.39 is 0 Å². The largest absolute Gasteiger partial charge is 0.496 e. The Balaban J connectivity index is 2.03. The van der Waals surface area contributed by atoms with Crippen LogP contribution in [0.25, 0.3) is 21.8 Å². The van der Waals surface area contributed by atoms with Crippen molar-refractivity contribution in [2.75, 3.05) is 12.4 Å². The normalized spacial score (nSPS) is 11.2. The summed E-state index contributed by atoms with van der Waals surface area (Å²) in [5.41, 5.74) is 8.17. The van der Waals surface area contributed by atoms with Crippen LogP contribution in [0.2, 0.25) is 0 Å². The van der Waals surface area contributed by atoms with Crippen molar-refractivity contribution in [2.45, 2.75) is 27.4 Å². The van der Waals surface area contributed by atoms with E-state index in [2.05, 4.69) is 37.4 Å². The van der Waals surface area contributed by atoms with Gasteiger partial charge >= 0.3 is 0 Å². The van der Waals surface area contributed by atoms with E-state index in [1.54, 1.807) is 7.11 Å². The molecule has 142 valence electrons. The van der Waals surface area contributed by atoms with Gasteiger partial charge in [-0.3, -0.25) is 0 Å². The predicted octanol–water partition coefficient (Wildman–Crippen LogP) is 5.56. The summed E-state index contributed by atoms with van der Waals surface area (Å²) in [4.78, 5) is 4.91. The van der Waals surface area contributed by atoms with E-state index in [1.807, 2.05) is 37.3 Å². The topological polar surface area (TPSA) is 54.4 Å². The minimum absolute atomic E-state index is 0.0158. The molecule has 0 saturated carbocycles. The first kappa shape index (κ1) is 18.3. The van der Waals surface area contributed by atoms with E-state index in [-0.39, 0.29) is 6.61 Å². The number of anilines is 2. The van der Waals surface area contributed by atoms with E-state index >= 15 is 0 Å². The molecule has 0 atom stereocenters. The van der Waals surface area contributed by atoms with Gasteiger partial charge in [-0.15, -0.1) is 0 Å². The Hall–Kier alpha value is -3.11. The number of ether oxygens (including phenoxy) is 1. The fourth-order valence-electron chi connectivity index (χ4n) is 3.58. The highest BCUT2D eigenvalue weighted by atomic mass is 16.5. The summed E-state index contributed by atoms with van der Waals surface area (Å²) in [6.07, 6.45) is 0. The second kappa shape index (κ2) is 7.13. The highest BCUT2D eigenvalue weighted by Crippen LogP contribution is 2.37. The summed E-state index contributed by atoms with van der Waals surface area (Å²) >= 11 is 0. The van der Waals surface area contributed by atoms with E-state index in [1.165, 1.54) is 11.1 Å². The molecule has 28 heavy (non-hydrogen) atoms. The summed E-state index contributed by atoms with van der Waals surface area (Å²) in [6, 6.07) is 16.3. The number of hydrogen-bond donors (Lipinski definition) is 2. The van der Waals surface area contributed by atoms with Crippen molar-refractivity contribution in [2.24, 2.45) is 0 Å². The maximum absolute atomic E-state index is 9.48. The van der Waals surface area contributed by atoms with Crippen molar-refractivity contribution < 1.29 is 9.84 Å². The Morgan fingerprint density at radius 2 is 1.57 bits per heavy atom. The number of rotatable bonds is 4. The number of aliphatic hydroxyl groups is 1. The monoisotopic (exact) mass is 372 g/mol. The lowest BCUT2D eigenvalue weighted by Crippen LogP contribution is -1.98. The highest BCUT2D eigenvalue weighted by Gasteiger charge is 2.13. The summed E-state index contributed by atoms with van der Waals surface area (Å²) < 4.78 is 5.51. The molecule has 4 nitrogen and oxygen atoms in total. The number of aliphatic hydroxyl groups excluding tert-OH is 1. The molecule has 0 fully saturated rings. The van der Waals surface area contributed by atoms with E-state index in [0.717, 1.165) is 50.1 Å². The van der Waals surface area contributed by atoms with Gasteiger partial charge in [-0.25, -0.2) is 4.98 Å². The molecule has 0 aliphatic heterocycles. The van der Waals surface area contributed by atoms with Gasteiger partial charge in [-0.1, -0.05) is 12.1 Å². The van der Waals surface area contributed by atoms with Crippen LogP contribution in [0.1, 0.15) is 22.3 Å². The number of hydrogen-bond acceptors (Lipinski definition) is 4. The number of benzene rings is 3. The van der Waals surface area contributed by atoms with Gasteiger partial charge in [0.15, 0.2) is 0 Å². The molecule has 4 rings (SSSR count). The number of pyridine rings is 1. The zero-order valence-corrected chi connectivity index (χ0v) is 16.6. The molecule has 2 N–H and O–H groups in total. The van der Waals surface area contributed by atoms with Crippen LogP contribution in [0.4, 0.5) is 11.4 Å². The van der Waals surface area contributed by atoms with Gasteiger partial charge in [-0.2, -0.15) is 0 Å². The molecule has 3 aromatic carbocycles. The van der Waals surface area contributed by atoms with E-state index in [0.29, 0.717) is 0 Å². The smallest absolute Gasteiger partial charge is 0.123 e. The molecule has 0 aliphatic rings. The van der Waals surface area contributed by atoms with Crippen LogP contribution in [0.15, 0.2) is 48.5 Å². The Kier molecular flexibility index (Phi) is 4.65. The molecule has 4 aromatic rings. The lowest BCUT2D eigenvalue weighted by molar-refractivity contribution is 0.282. The molecular weight excluding hydrogens is 348 g/mol. The number of nitrogens with one attached hydrogen (secondary N) is 1. The van der Waals surface area contributed by atoms with Gasteiger partial charge in [0.05, 0.1) is 30.4 Å². The minimum Gasteiger partial charge on any atom is -0.496 e. The average Bonchev–Trinajstić information content (AvgIpc) is 2.69. The number of aromatic nitrogens is 1. The maximum Gasteiger partial charge on any atom is 0.123 e. The Labute approximate surface area is 164 Å². The third-order valence-corrected chi connectivity index (χ3v) is 5.28. The predicted molar refractivity (Wildman–Crippen MR) is 116 cm³/mol. The molecular formula is C24H24N2O2. The van der Waals surface area contributed by atoms with E-state index in [4.69, 9.17) is 9.72 Å². The molecule has 0 saturated heterocycles. The fourth-order valence-corrected chi connectivity index (χ4v) is 3.58. The second-order valence-electron chi connectivity index (χ2n) is 7.26. The quantitative estimate of drug-likeness (QED) is 0.461. The molecule has 0 unspecified atom stereocenters. The van der Waals surface area contributed by atoms with Crippen LogP contribution in [0.3, 0.4) is 0 Å². The van der Waals surface area contributed by atoms with Gasteiger partial charge < -0.3 is 15.2 Å². The zero-order valence-electron chi connectivity index (χ0n) is 16.6. The summed E-state index contributed by atoms with van der Waals surface area (Å²) in [5.74, 6) is 0.830. The standard InChI is InChI=1S/C24H24N2O2/c1-14-8-19-21(10-15(14)2)26-22-12-23(28-4)16(3)9-20(22)24(19)25-18-7-5-6-17(11-18)13-27/h5-12,27H,13H2,1-4H3,(H,25,26). The van der Waals surface area contributed by atoms with Crippen molar-refractivity contribution in [1.29, 1.82) is 0 Å². The molecule has 1 aromatic heterocycles. The van der Waals surface area contributed by atoms with Crippen molar-refractivity contribution >= 4 is 33.2 Å². The summed E-state index contributed by atoms with van der Waals surface area (Å²) in [6.45, 7) is 6.28. The first-order chi connectivity index (χ1) is 13.5. The summed E-state index contributed by atoms with van der Waals surface area (Å²) in [7, 11) is 1.68. The number of aryl methyl sites for hydroxylation is 3. The Bertz CT molecular complexity index is 1200. The first-order valence-electron chi connectivity index (χ1n) is 9.36. The Morgan fingerprint density at radius 3 is 2.29 bits per heavy atom. The van der Waals surface area contributed by atoms with E-state index in [9.17, 15) is 5.11 Å². The first-order valence-corrected chi connectivity index (χ1v) is 9.36. The third-order valence-electron chi connectivity index (χ3n) is 5.28. The van der Waals surface area contributed by atoms with Gasteiger partial charge in [0.1, 0.15) is 5.75 Å². The van der Waals surface area contributed by atoms with Crippen LogP contribution in [0.5, 0.6) is 5.75 Å². The minimum atomic E-state index is 0.0158. The van der Waals surface area contributed by atoms with Crippen LogP contribution < -0.4 is 10.1 Å². The fraction of sp³-hybridized carbons (Fsp3) is 0.208. The van der Waals surface area contributed by atoms with Gasteiger partial charge in [-0.05, 0) is 73.4 Å². The number of fused-ring (bicyclic) bond motifs is 2. The van der Waals surface area contributed by atoms with Gasteiger partial charge in [0.2, 0.25) is 0 Å². The number of nitrogens with zero attached hydrogens (tertiary/aromatic N) is 1. The molecule has 0 amide bonds. The molecule has 0 bridgehead atoms. The second-order valence-corrected chi connectivity index (χ2v) is 7.26. The van der Waals surface area contributed by atoms with Crippen LogP contribution in [-0.4, -0.2) is 17.2 Å². The third kappa shape index (κ3) is 3.16. The Morgan fingerprint density at radius 1 is 0.893 bits per heavy atom. The van der Waals surface area contributed by atoms with Crippen molar-refractivity contribution in [1.82, 2.24) is 4.98 Å². The van der Waals surface area contributed by atoms with Gasteiger partial charge in [0.25, 0.3) is 0 Å². The van der Waals surface area contributed by atoms with Gasteiger partial charge in [0, 0.05) is 22.5 Å². The molecule has 0 aliphatic carbocycles. The van der Waals surface area contributed by atoms with Crippen LogP contribution in [0, 0.1) is 20.8 Å². The lowest BCUT2D eigenvalue weighted by atomic mass is 10.0. The SMILES string of the molecule is COc1cc2nc3cc(C)c(C)cc3c(Nc3cccc(CO)c3)c2cc1C. The molecule has 0 radical (unpaired) electrons. The average molecular weight is 372 g/mol. The summed E-state index contributed by atoms with van der Waals surface area (Å²) in [5, 5.41) is 15.2. The van der Waals surface area contributed by atoms with Crippen molar-refractivity contribution in [3.8, 4) is 5.75 Å². The maximum atomic E-state index is 9.48.